The molecule has 32 heavy (non-hydrogen) atoms. The molecule has 2 aliphatic rings. The zero-order valence-electron chi connectivity index (χ0n) is 19.2. The summed E-state index contributed by atoms with van der Waals surface area (Å²) < 4.78 is 31.7. The zero-order valence-corrected chi connectivity index (χ0v) is 19.2. The standard InChI is InChI=1S/C21H41N3O.C2HF3O2/c22-13-7-14-24-15-12-19(18-10-5-2-6-11-18)21(25)20(23)16-17-8-3-1-4-9-17;3-2(4,5)1(6)7/h17-20,24H,1-16,22-23H2;(H,6,7)/t19?,20-;/m0./s1. The molecular formula is C23H42F3N3O3. The third-order valence-electron chi connectivity index (χ3n) is 6.69. The fourth-order valence-electron chi connectivity index (χ4n) is 4.93. The summed E-state index contributed by atoms with van der Waals surface area (Å²) in [5.41, 5.74) is 12.0. The second-order valence-electron chi connectivity index (χ2n) is 9.24. The molecule has 0 bridgehead atoms. The predicted molar refractivity (Wildman–Crippen MR) is 119 cm³/mol. The van der Waals surface area contributed by atoms with Gasteiger partial charge < -0.3 is 21.9 Å². The number of nitrogens with one attached hydrogen (secondary N) is 1. The molecule has 0 saturated heterocycles. The second-order valence-corrected chi connectivity index (χ2v) is 9.24. The summed E-state index contributed by atoms with van der Waals surface area (Å²) in [4.78, 5) is 22.1. The minimum atomic E-state index is -5.08. The molecule has 0 aromatic carbocycles. The monoisotopic (exact) mass is 465 g/mol. The van der Waals surface area contributed by atoms with Gasteiger partial charge in [0.2, 0.25) is 0 Å². The molecule has 0 heterocycles. The maximum Gasteiger partial charge on any atom is 0.490 e. The van der Waals surface area contributed by atoms with Gasteiger partial charge in [0.1, 0.15) is 0 Å². The van der Waals surface area contributed by atoms with Crippen molar-refractivity contribution in [2.24, 2.45) is 29.2 Å². The van der Waals surface area contributed by atoms with Gasteiger partial charge in [-0.1, -0.05) is 51.4 Å². The first kappa shape index (κ1) is 28.8. The molecule has 0 aromatic rings. The van der Waals surface area contributed by atoms with Crippen LogP contribution in [0.2, 0.25) is 0 Å². The highest BCUT2D eigenvalue weighted by Gasteiger charge is 2.38. The molecule has 6 nitrogen and oxygen atoms in total. The van der Waals surface area contributed by atoms with Gasteiger partial charge in [0.25, 0.3) is 0 Å². The highest BCUT2D eigenvalue weighted by molar-refractivity contribution is 5.86. The number of carbonyl (C=O) groups excluding carboxylic acids is 1. The number of alkyl halides is 3. The van der Waals surface area contributed by atoms with Crippen LogP contribution in [0.3, 0.4) is 0 Å². The summed E-state index contributed by atoms with van der Waals surface area (Å²) in [7, 11) is 0. The van der Waals surface area contributed by atoms with E-state index in [2.05, 4.69) is 5.32 Å². The smallest absolute Gasteiger partial charge is 0.475 e. The summed E-state index contributed by atoms with van der Waals surface area (Å²) in [6, 6.07) is -0.237. The molecule has 6 N–H and O–H groups in total. The Balaban J connectivity index is 0.000000633. The lowest BCUT2D eigenvalue weighted by atomic mass is 9.73. The van der Waals surface area contributed by atoms with Gasteiger partial charge in [-0.2, -0.15) is 13.2 Å². The van der Waals surface area contributed by atoms with Crippen LogP contribution in [0, 0.1) is 17.8 Å². The van der Waals surface area contributed by atoms with Crippen LogP contribution in [0.15, 0.2) is 0 Å². The summed E-state index contributed by atoms with van der Waals surface area (Å²) in [5.74, 6) is -0.979. The Bertz CT molecular complexity index is 534. The first-order chi connectivity index (χ1) is 15.2. The maximum atomic E-state index is 13.2. The average Bonchev–Trinajstić information content (AvgIpc) is 2.77. The number of carboxylic acid groups (broad SMARTS) is 1. The Morgan fingerprint density at radius 3 is 2.00 bits per heavy atom. The number of rotatable bonds is 11. The molecule has 0 radical (unpaired) electrons. The topological polar surface area (TPSA) is 118 Å². The molecule has 9 heteroatoms. The Morgan fingerprint density at radius 1 is 0.969 bits per heavy atom. The predicted octanol–water partition coefficient (Wildman–Crippen LogP) is 4.01. The van der Waals surface area contributed by atoms with Gasteiger partial charge in [0.15, 0.2) is 5.78 Å². The van der Waals surface area contributed by atoms with Crippen LogP contribution in [0.5, 0.6) is 0 Å². The number of carbonyl (C=O) groups is 2. The molecule has 188 valence electrons. The molecule has 0 aliphatic heterocycles. The van der Waals surface area contributed by atoms with Gasteiger partial charge in [0, 0.05) is 5.92 Å². The lowest BCUT2D eigenvalue weighted by Crippen LogP contribution is -2.41. The molecular weight excluding hydrogens is 423 g/mol. The van der Waals surface area contributed by atoms with E-state index in [0.717, 1.165) is 38.9 Å². The van der Waals surface area contributed by atoms with Crippen LogP contribution < -0.4 is 16.8 Å². The molecule has 2 rings (SSSR count). The van der Waals surface area contributed by atoms with Crippen molar-refractivity contribution in [1.29, 1.82) is 0 Å². The second kappa shape index (κ2) is 15.6. The number of hydrogen-bond donors (Lipinski definition) is 4. The zero-order chi connectivity index (χ0) is 24.0. The third kappa shape index (κ3) is 11.6. The lowest BCUT2D eigenvalue weighted by molar-refractivity contribution is -0.192. The summed E-state index contributed by atoms with van der Waals surface area (Å²) >= 11 is 0. The summed E-state index contributed by atoms with van der Waals surface area (Å²) in [6.45, 7) is 2.60. The van der Waals surface area contributed by atoms with Crippen LogP contribution in [0.25, 0.3) is 0 Å². The molecule has 1 unspecified atom stereocenters. The van der Waals surface area contributed by atoms with Gasteiger partial charge in [-0.05, 0) is 63.6 Å². The Labute approximate surface area is 190 Å². The van der Waals surface area contributed by atoms with Crippen molar-refractivity contribution in [3.8, 4) is 0 Å². The van der Waals surface area contributed by atoms with Gasteiger partial charge in [-0.15, -0.1) is 0 Å². The van der Waals surface area contributed by atoms with E-state index in [-0.39, 0.29) is 12.0 Å². The SMILES string of the molecule is NCCCNCCC(C(=O)[C@@H](N)CC1CCCCC1)C1CCCCC1.O=C(O)C(F)(F)F. The summed E-state index contributed by atoms with van der Waals surface area (Å²) in [6.07, 6.45) is 10.7. The first-order valence-corrected chi connectivity index (χ1v) is 12.2. The van der Waals surface area contributed by atoms with Crippen molar-refractivity contribution in [3.63, 3.8) is 0 Å². The molecule has 2 atom stereocenters. The number of ketones is 1. The van der Waals surface area contributed by atoms with Gasteiger partial charge in [-0.25, -0.2) is 4.79 Å². The largest absolute Gasteiger partial charge is 0.490 e. The van der Waals surface area contributed by atoms with E-state index in [0.29, 0.717) is 17.6 Å². The van der Waals surface area contributed by atoms with Crippen LogP contribution in [-0.2, 0) is 9.59 Å². The number of Topliss-reactive ketones (excluding diaryl/α,β-unsaturated/α-hetero) is 1. The van der Waals surface area contributed by atoms with Gasteiger partial charge in [0.05, 0.1) is 6.04 Å². The van der Waals surface area contributed by atoms with Crippen molar-refractivity contribution in [2.45, 2.75) is 95.7 Å². The van der Waals surface area contributed by atoms with Crippen molar-refractivity contribution < 1.29 is 27.9 Å². The van der Waals surface area contributed by atoms with Crippen LogP contribution in [-0.4, -0.2) is 48.7 Å². The molecule has 0 spiro atoms. The van der Waals surface area contributed by atoms with Gasteiger partial charge >= 0.3 is 12.1 Å². The lowest BCUT2D eigenvalue weighted by Gasteiger charge is -2.32. The normalized spacial score (nSPS) is 20.2. The Morgan fingerprint density at radius 2 is 1.50 bits per heavy atom. The molecule has 2 saturated carbocycles. The van der Waals surface area contributed by atoms with Crippen LogP contribution in [0.1, 0.15) is 83.5 Å². The Kier molecular flexibility index (Phi) is 14.1. The number of carboxylic acids is 1. The molecule has 0 aromatic heterocycles. The van der Waals surface area contributed by atoms with E-state index in [9.17, 15) is 18.0 Å². The highest BCUT2D eigenvalue weighted by Crippen LogP contribution is 2.34. The van der Waals surface area contributed by atoms with E-state index in [1.165, 1.54) is 64.2 Å². The van der Waals surface area contributed by atoms with Crippen molar-refractivity contribution in [1.82, 2.24) is 5.32 Å². The number of hydrogen-bond acceptors (Lipinski definition) is 5. The van der Waals surface area contributed by atoms with E-state index < -0.39 is 12.1 Å². The van der Waals surface area contributed by atoms with Gasteiger partial charge in [-0.3, -0.25) is 4.79 Å². The fourth-order valence-corrected chi connectivity index (χ4v) is 4.93. The minimum Gasteiger partial charge on any atom is -0.475 e. The average molecular weight is 466 g/mol. The molecule has 2 aliphatic carbocycles. The highest BCUT2D eigenvalue weighted by atomic mass is 19.4. The van der Waals surface area contributed by atoms with Crippen LogP contribution in [0.4, 0.5) is 13.2 Å². The first-order valence-electron chi connectivity index (χ1n) is 12.2. The number of nitrogens with two attached hydrogens (primary N) is 2. The number of halogens is 3. The van der Waals surface area contributed by atoms with Crippen molar-refractivity contribution in [3.05, 3.63) is 0 Å². The fraction of sp³-hybridized carbons (Fsp3) is 0.913. The van der Waals surface area contributed by atoms with E-state index >= 15 is 0 Å². The maximum absolute atomic E-state index is 13.2. The molecule has 2 fully saturated rings. The van der Waals surface area contributed by atoms with Crippen LogP contribution >= 0.6 is 0 Å². The van der Waals surface area contributed by atoms with E-state index in [1.807, 2.05) is 0 Å². The summed E-state index contributed by atoms with van der Waals surface area (Å²) in [5, 5.41) is 10.6. The molecule has 0 amide bonds. The number of aliphatic carboxylic acids is 1. The van der Waals surface area contributed by atoms with Crippen molar-refractivity contribution in [2.75, 3.05) is 19.6 Å². The third-order valence-corrected chi connectivity index (χ3v) is 6.69. The van der Waals surface area contributed by atoms with Crippen molar-refractivity contribution >= 4 is 11.8 Å². The van der Waals surface area contributed by atoms with E-state index in [1.54, 1.807) is 0 Å². The van der Waals surface area contributed by atoms with E-state index in [4.69, 9.17) is 21.4 Å². The Hall–Kier alpha value is -1.19. The minimum absolute atomic E-state index is 0.171. The quantitative estimate of drug-likeness (QED) is 0.342.